The van der Waals surface area contributed by atoms with Crippen LogP contribution < -0.4 is 4.98 Å². The Morgan fingerprint density at radius 3 is 2.91 bits per heavy atom. The number of aromatic nitrogens is 3. The molecule has 1 aliphatic rings. The number of imidazole rings is 1. The van der Waals surface area contributed by atoms with Gasteiger partial charge in [-0.05, 0) is 6.07 Å². The van der Waals surface area contributed by atoms with Crippen LogP contribution in [0.5, 0.6) is 0 Å². The Hall–Kier alpha value is -2.56. The Morgan fingerprint density at radius 1 is 1.32 bits per heavy atom. The quantitative estimate of drug-likeness (QED) is 0.770. The lowest BCUT2D eigenvalue weighted by Gasteiger charge is -2.26. The van der Waals surface area contributed by atoms with E-state index in [0.717, 1.165) is 46.5 Å². The van der Waals surface area contributed by atoms with Crippen LogP contribution in [0, 0.1) is 6.92 Å². The minimum absolute atomic E-state index is 0.132. The van der Waals surface area contributed by atoms with Crippen LogP contribution in [-0.2, 0) is 20.0 Å². The molecule has 1 amide bonds. The topological polar surface area (TPSA) is 55.2 Å². The molecule has 1 aliphatic heterocycles. The van der Waals surface area contributed by atoms with Crippen molar-refractivity contribution in [2.45, 2.75) is 19.9 Å². The average Bonchev–Trinajstić information content (AvgIpc) is 3.05. The maximum Gasteiger partial charge on any atom is 0.256 e. The number of carbonyl (C=O) groups is 1. The highest BCUT2D eigenvalue weighted by Crippen LogP contribution is 2.30. The molecule has 0 spiro atoms. The number of benzene rings is 1. The Morgan fingerprint density at radius 2 is 2.14 bits per heavy atom. The zero-order chi connectivity index (χ0) is 15.3. The minimum atomic E-state index is 0.132. The number of amides is 1. The lowest BCUT2D eigenvalue weighted by Crippen LogP contribution is -2.38. The minimum Gasteiger partial charge on any atom is -0.347 e. The summed E-state index contributed by atoms with van der Waals surface area (Å²) >= 11 is 0. The van der Waals surface area contributed by atoms with Gasteiger partial charge in [0.15, 0.2) is 5.69 Å². The molecule has 4 rings (SSSR count). The Kier molecular flexibility index (Phi) is 2.82. The van der Waals surface area contributed by atoms with Crippen LogP contribution in [0.4, 0.5) is 0 Å². The van der Waals surface area contributed by atoms with Gasteiger partial charge in [-0.2, -0.15) is 0 Å². The van der Waals surface area contributed by atoms with Crippen LogP contribution in [0.15, 0.2) is 30.6 Å². The van der Waals surface area contributed by atoms with Crippen LogP contribution in [0.1, 0.15) is 27.4 Å². The normalized spacial score (nSPS) is 14.6. The third-order valence-corrected chi connectivity index (χ3v) is 4.68. The molecule has 22 heavy (non-hydrogen) atoms. The molecule has 0 atom stereocenters. The van der Waals surface area contributed by atoms with Crippen molar-refractivity contribution in [2.24, 2.45) is 7.05 Å². The van der Waals surface area contributed by atoms with Gasteiger partial charge in [0.2, 0.25) is 6.33 Å². The average molecular weight is 295 g/mol. The summed E-state index contributed by atoms with van der Waals surface area (Å²) in [7, 11) is 2.05. The number of hydrogen-bond donors (Lipinski definition) is 1. The first-order valence-corrected chi connectivity index (χ1v) is 7.57. The fourth-order valence-corrected chi connectivity index (χ4v) is 3.41. The molecule has 0 aliphatic carbocycles. The van der Waals surface area contributed by atoms with Gasteiger partial charge in [0.1, 0.15) is 5.69 Å². The molecule has 0 saturated carbocycles. The summed E-state index contributed by atoms with van der Waals surface area (Å²) in [5, 5.41) is 1.06. The summed E-state index contributed by atoms with van der Waals surface area (Å²) in [6, 6.07) is 8.14. The first-order valence-electron chi connectivity index (χ1n) is 7.57. The van der Waals surface area contributed by atoms with Gasteiger partial charge in [0.05, 0.1) is 12.1 Å². The van der Waals surface area contributed by atoms with Gasteiger partial charge in [-0.1, -0.05) is 18.2 Å². The van der Waals surface area contributed by atoms with E-state index >= 15 is 0 Å². The zero-order valence-electron chi connectivity index (χ0n) is 12.8. The predicted octanol–water partition coefficient (Wildman–Crippen LogP) is 1.83. The van der Waals surface area contributed by atoms with Gasteiger partial charge in [-0.15, -0.1) is 0 Å². The van der Waals surface area contributed by atoms with Gasteiger partial charge >= 0.3 is 0 Å². The molecular formula is C17H19N4O+. The maximum absolute atomic E-state index is 13.0. The number of nitrogens with zero attached hydrogens (tertiary/aromatic N) is 2. The van der Waals surface area contributed by atoms with E-state index in [-0.39, 0.29) is 5.91 Å². The molecule has 0 radical (unpaired) electrons. The predicted molar refractivity (Wildman–Crippen MR) is 83.4 cm³/mol. The number of rotatable bonds is 2. The lowest BCUT2D eigenvalue weighted by molar-refractivity contribution is -0.390. The summed E-state index contributed by atoms with van der Waals surface area (Å²) in [5.74, 6) is 0.132. The highest BCUT2D eigenvalue weighted by molar-refractivity contribution is 6.09. The van der Waals surface area contributed by atoms with Crippen molar-refractivity contribution in [1.29, 1.82) is 0 Å². The summed E-state index contributed by atoms with van der Waals surface area (Å²) in [5.41, 5.74) is 5.30. The molecular weight excluding hydrogens is 276 g/mol. The van der Waals surface area contributed by atoms with Crippen LogP contribution >= 0.6 is 0 Å². The Labute approximate surface area is 128 Å². The van der Waals surface area contributed by atoms with Gasteiger partial charge in [-0.3, -0.25) is 4.79 Å². The van der Waals surface area contributed by atoms with Crippen molar-refractivity contribution in [2.75, 3.05) is 6.54 Å². The first kappa shape index (κ1) is 13.1. The number of fused-ring (bicyclic) bond motifs is 3. The second-order valence-electron chi connectivity index (χ2n) is 5.91. The van der Waals surface area contributed by atoms with Crippen LogP contribution in [0.2, 0.25) is 0 Å². The van der Waals surface area contributed by atoms with Crippen molar-refractivity contribution in [3.05, 3.63) is 53.2 Å². The molecule has 2 aromatic heterocycles. The van der Waals surface area contributed by atoms with E-state index in [0.29, 0.717) is 6.54 Å². The number of carbonyl (C=O) groups excluding carboxylic acids is 1. The van der Waals surface area contributed by atoms with Crippen LogP contribution in [0.3, 0.4) is 0 Å². The smallest absolute Gasteiger partial charge is 0.256 e. The van der Waals surface area contributed by atoms with Gasteiger partial charge < -0.3 is 9.47 Å². The SMILES string of the molecule is Cc1[nH]c[nH+]c1CN1CCc2c(c3ccccc3n2C)C1=O. The second kappa shape index (κ2) is 4.73. The summed E-state index contributed by atoms with van der Waals surface area (Å²) in [4.78, 5) is 21.2. The van der Waals surface area contributed by atoms with E-state index in [2.05, 4.69) is 20.6 Å². The summed E-state index contributed by atoms with van der Waals surface area (Å²) < 4.78 is 2.16. The highest BCUT2D eigenvalue weighted by atomic mass is 16.2. The zero-order valence-corrected chi connectivity index (χ0v) is 12.8. The number of hydrogen-bond acceptors (Lipinski definition) is 1. The number of nitrogens with one attached hydrogen (secondary N) is 2. The molecule has 2 N–H and O–H groups in total. The van der Waals surface area contributed by atoms with Crippen molar-refractivity contribution in [3.63, 3.8) is 0 Å². The fourth-order valence-electron chi connectivity index (χ4n) is 3.41. The molecule has 3 heterocycles. The summed E-state index contributed by atoms with van der Waals surface area (Å²) in [6.07, 6.45) is 2.71. The van der Waals surface area contributed by atoms with E-state index in [9.17, 15) is 4.79 Å². The third kappa shape index (κ3) is 1.78. The molecule has 0 fully saturated rings. The highest BCUT2D eigenvalue weighted by Gasteiger charge is 2.30. The maximum atomic E-state index is 13.0. The third-order valence-electron chi connectivity index (χ3n) is 4.68. The van der Waals surface area contributed by atoms with Crippen molar-refractivity contribution < 1.29 is 9.78 Å². The van der Waals surface area contributed by atoms with Crippen molar-refractivity contribution >= 4 is 16.8 Å². The van der Waals surface area contributed by atoms with Gasteiger partial charge in [-0.25, -0.2) is 9.97 Å². The van der Waals surface area contributed by atoms with E-state index < -0.39 is 0 Å². The molecule has 0 bridgehead atoms. The molecule has 3 aromatic rings. The molecule has 0 unspecified atom stereocenters. The molecule has 1 aromatic carbocycles. The number of para-hydroxylation sites is 1. The number of H-pyrrole nitrogens is 2. The standard InChI is InChI=1S/C17H18N4O/c1-11-13(19-10-18-11)9-21-8-7-15-16(17(21)22)12-5-3-4-6-14(12)20(15)2/h3-6,10H,7-9H2,1-2H3,(H,18,19)/p+1. The van der Waals surface area contributed by atoms with Crippen LogP contribution in [-0.4, -0.2) is 26.9 Å². The Bertz CT molecular complexity index is 874. The first-order chi connectivity index (χ1) is 10.7. The van der Waals surface area contributed by atoms with Crippen molar-refractivity contribution in [1.82, 2.24) is 14.5 Å². The Balaban J connectivity index is 1.77. The van der Waals surface area contributed by atoms with Crippen molar-refractivity contribution in [3.8, 4) is 0 Å². The van der Waals surface area contributed by atoms with E-state index in [4.69, 9.17) is 0 Å². The number of aryl methyl sites for hydroxylation is 2. The molecule has 5 heteroatoms. The van der Waals surface area contributed by atoms with Crippen LogP contribution in [0.25, 0.3) is 10.9 Å². The number of aromatic amines is 2. The van der Waals surface area contributed by atoms with E-state index in [1.807, 2.05) is 43.4 Å². The van der Waals surface area contributed by atoms with Gasteiger partial charge in [0.25, 0.3) is 5.91 Å². The fraction of sp³-hybridized carbons (Fsp3) is 0.294. The molecule has 5 nitrogen and oxygen atoms in total. The van der Waals surface area contributed by atoms with E-state index in [1.165, 1.54) is 0 Å². The second-order valence-corrected chi connectivity index (χ2v) is 5.91. The van der Waals surface area contributed by atoms with Gasteiger partial charge in [0, 0.05) is 43.5 Å². The molecule has 0 saturated heterocycles. The lowest BCUT2D eigenvalue weighted by atomic mass is 10.0. The molecule has 112 valence electrons. The van der Waals surface area contributed by atoms with E-state index in [1.54, 1.807) is 0 Å². The monoisotopic (exact) mass is 295 g/mol. The largest absolute Gasteiger partial charge is 0.347 e. The summed E-state index contributed by atoms with van der Waals surface area (Å²) in [6.45, 7) is 3.40.